The summed E-state index contributed by atoms with van der Waals surface area (Å²) < 4.78 is 65.5. The van der Waals surface area contributed by atoms with E-state index < -0.39 is 18.3 Å². The Morgan fingerprint density at radius 1 is 0.733 bits per heavy atom. The predicted octanol–water partition coefficient (Wildman–Crippen LogP) is 6.08. The molecule has 3 aromatic carbocycles. The van der Waals surface area contributed by atoms with Gasteiger partial charge in [-0.1, -0.05) is 12.1 Å². The summed E-state index contributed by atoms with van der Waals surface area (Å²) in [5.74, 6) is 0.535. The third kappa shape index (κ3) is 5.56. The monoisotopic (exact) mass is 424 g/mol. The number of ether oxygens (including phenoxy) is 3. The van der Waals surface area contributed by atoms with Crippen LogP contribution < -0.4 is 19.2 Å². The molecule has 0 radical (unpaired) electrons. The fourth-order valence-electron chi connectivity index (χ4n) is 2.59. The van der Waals surface area contributed by atoms with Crippen LogP contribution >= 0.6 is 0 Å². The topological polar surface area (TPSA) is 36.9 Å². The van der Waals surface area contributed by atoms with Crippen molar-refractivity contribution in [1.29, 1.82) is 0 Å². The van der Waals surface area contributed by atoms with E-state index in [4.69, 9.17) is 14.2 Å². The summed E-state index contributed by atoms with van der Waals surface area (Å²) in [5.41, 5.74) is 1.15. The molecule has 0 bridgehead atoms. The molecule has 3 rings (SSSR count). The minimum Gasteiger partial charge on any atom is -0.496 e. The molecular formula is C22H20F4O4. The lowest BCUT2D eigenvalue weighted by Gasteiger charge is -2.15. The number of hydrogen-bond acceptors (Lipinski definition) is 4. The first kappa shape index (κ1) is 22.9. The van der Waals surface area contributed by atoms with E-state index in [1.165, 1.54) is 45.6 Å². The van der Waals surface area contributed by atoms with E-state index >= 15 is 0 Å². The molecule has 0 spiro atoms. The minimum atomic E-state index is -0.844. The van der Waals surface area contributed by atoms with Crippen LogP contribution in [-0.2, 0) is 6.67 Å². The van der Waals surface area contributed by atoms with Gasteiger partial charge in [-0.05, 0) is 35.9 Å². The average Bonchev–Trinajstić information content (AvgIpc) is 2.78. The Balaban J connectivity index is 0.000000297. The highest BCUT2D eigenvalue weighted by Crippen LogP contribution is 2.42. The number of rotatable bonds is 6. The van der Waals surface area contributed by atoms with Crippen LogP contribution in [0.15, 0.2) is 54.6 Å². The Labute approximate surface area is 171 Å². The molecule has 0 atom stereocenters. The third-order valence-electron chi connectivity index (χ3n) is 4.10. The van der Waals surface area contributed by atoms with Gasteiger partial charge in [0.2, 0.25) is 0 Å². The van der Waals surface area contributed by atoms with Crippen LogP contribution in [0, 0.1) is 11.6 Å². The summed E-state index contributed by atoms with van der Waals surface area (Å²) in [7, 11) is 4.54. The largest absolute Gasteiger partial charge is 0.496 e. The van der Waals surface area contributed by atoms with Gasteiger partial charge in [-0.3, -0.25) is 4.94 Å². The van der Waals surface area contributed by atoms with Crippen LogP contribution in [0.5, 0.6) is 23.0 Å². The van der Waals surface area contributed by atoms with Gasteiger partial charge in [-0.15, -0.1) is 0 Å². The van der Waals surface area contributed by atoms with Gasteiger partial charge >= 0.3 is 0 Å². The van der Waals surface area contributed by atoms with Gasteiger partial charge in [0.25, 0.3) is 0 Å². The van der Waals surface area contributed by atoms with Crippen LogP contribution in [0.2, 0.25) is 0 Å². The lowest BCUT2D eigenvalue weighted by molar-refractivity contribution is -0.00628. The molecule has 0 aliphatic rings. The van der Waals surface area contributed by atoms with Crippen molar-refractivity contribution in [2.45, 2.75) is 6.67 Å². The Hall–Kier alpha value is -3.42. The van der Waals surface area contributed by atoms with Crippen LogP contribution in [0.1, 0.15) is 5.56 Å². The van der Waals surface area contributed by atoms with Crippen LogP contribution in [0.25, 0.3) is 11.1 Å². The Bertz CT molecular complexity index is 937. The standard InChI is InChI=1S/C16H16F2O3.C6H4F2O/c1-19-12-7-14(20-2)16(15(8-12)21-3)10-4-5-11(9-17)13(18)6-10;7-5-1-3-6(9-8)4-2-5/h4-8H,9H2,1-3H3;1-4H. The van der Waals surface area contributed by atoms with Crippen LogP contribution in [0.4, 0.5) is 17.7 Å². The summed E-state index contributed by atoms with van der Waals surface area (Å²) in [5, 5.41) is 0. The van der Waals surface area contributed by atoms with Crippen LogP contribution in [0.3, 0.4) is 0 Å². The fourth-order valence-corrected chi connectivity index (χ4v) is 2.59. The molecule has 4 nitrogen and oxygen atoms in total. The molecule has 0 saturated carbocycles. The van der Waals surface area contributed by atoms with E-state index in [-0.39, 0.29) is 11.3 Å². The molecule has 0 aromatic heterocycles. The number of hydrogen-bond donors (Lipinski definition) is 0. The highest BCUT2D eigenvalue weighted by molar-refractivity contribution is 5.78. The zero-order chi connectivity index (χ0) is 22.1. The molecule has 160 valence electrons. The van der Waals surface area contributed by atoms with Crippen molar-refractivity contribution in [2.75, 3.05) is 21.3 Å². The Kier molecular flexibility index (Phi) is 8.34. The van der Waals surface area contributed by atoms with E-state index in [0.717, 1.165) is 12.1 Å². The summed E-state index contributed by atoms with van der Waals surface area (Å²) in [6.45, 7) is -0.844. The zero-order valence-electron chi connectivity index (χ0n) is 16.5. The molecule has 0 aliphatic carbocycles. The van der Waals surface area contributed by atoms with E-state index in [1.54, 1.807) is 18.2 Å². The summed E-state index contributed by atoms with van der Waals surface area (Å²) in [6, 6.07) is 12.3. The highest BCUT2D eigenvalue weighted by atomic mass is 19.3. The maximum absolute atomic E-state index is 13.8. The molecule has 0 aliphatic heterocycles. The maximum atomic E-state index is 13.8. The SMILES string of the molecule is COc1cc(OC)c(-c2ccc(CF)c(F)c2)c(OC)c1.FOc1ccc(F)cc1. The third-order valence-corrected chi connectivity index (χ3v) is 4.10. The first-order valence-corrected chi connectivity index (χ1v) is 8.66. The highest BCUT2D eigenvalue weighted by Gasteiger charge is 2.16. The lowest BCUT2D eigenvalue weighted by atomic mass is 10.0. The smallest absolute Gasteiger partial charge is 0.172 e. The number of alkyl halides is 1. The predicted molar refractivity (Wildman–Crippen MR) is 104 cm³/mol. The first-order chi connectivity index (χ1) is 14.5. The maximum Gasteiger partial charge on any atom is 0.172 e. The normalized spacial score (nSPS) is 9.97. The van der Waals surface area contributed by atoms with Gasteiger partial charge in [0.15, 0.2) is 5.75 Å². The van der Waals surface area contributed by atoms with E-state index in [0.29, 0.717) is 28.4 Å². The van der Waals surface area contributed by atoms with Crippen molar-refractivity contribution >= 4 is 0 Å². The second kappa shape index (κ2) is 10.9. The van der Waals surface area contributed by atoms with Crippen molar-refractivity contribution < 1.29 is 36.8 Å². The van der Waals surface area contributed by atoms with E-state index in [2.05, 4.69) is 4.94 Å². The van der Waals surface area contributed by atoms with Gasteiger partial charge in [0.05, 0.1) is 26.9 Å². The zero-order valence-corrected chi connectivity index (χ0v) is 16.5. The molecule has 8 heteroatoms. The second-order valence-corrected chi connectivity index (χ2v) is 5.88. The molecule has 0 heterocycles. The molecule has 3 aromatic rings. The lowest BCUT2D eigenvalue weighted by Crippen LogP contribution is -1.96. The molecule has 30 heavy (non-hydrogen) atoms. The molecule has 0 fully saturated rings. The van der Waals surface area contributed by atoms with Crippen molar-refractivity contribution in [3.05, 3.63) is 71.8 Å². The Morgan fingerprint density at radius 2 is 1.33 bits per heavy atom. The number of benzene rings is 3. The van der Waals surface area contributed by atoms with Crippen molar-refractivity contribution in [3.63, 3.8) is 0 Å². The number of halogens is 4. The van der Waals surface area contributed by atoms with Gasteiger partial charge in [0.1, 0.15) is 35.6 Å². The molecule has 0 amide bonds. The van der Waals surface area contributed by atoms with E-state index in [9.17, 15) is 17.7 Å². The Morgan fingerprint density at radius 3 is 1.77 bits per heavy atom. The quantitative estimate of drug-likeness (QED) is 0.450. The molecule has 0 N–H and O–H groups in total. The van der Waals surface area contributed by atoms with Crippen molar-refractivity contribution in [1.82, 2.24) is 0 Å². The summed E-state index contributed by atoms with van der Waals surface area (Å²) in [4.78, 5) is 3.30. The second-order valence-electron chi connectivity index (χ2n) is 5.88. The first-order valence-electron chi connectivity index (χ1n) is 8.66. The minimum absolute atomic E-state index is 0.0106. The molecule has 0 saturated heterocycles. The van der Waals surface area contributed by atoms with Crippen molar-refractivity contribution in [3.8, 4) is 34.1 Å². The molecular weight excluding hydrogens is 404 g/mol. The summed E-state index contributed by atoms with van der Waals surface area (Å²) >= 11 is 0. The van der Waals surface area contributed by atoms with Gasteiger partial charge in [0, 0.05) is 22.2 Å². The van der Waals surface area contributed by atoms with Gasteiger partial charge in [-0.2, -0.15) is 0 Å². The average molecular weight is 424 g/mol. The van der Waals surface area contributed by atoms with Gasteiger partial charge in [-0.25, -0.2) is 13.2 Å². The van der Waals surface area contributed by atoms with Crippen molar-refractivity contribution in [2.24, 2.45) is 0 Å². The fraction of sp³-hybridized carbons (Fsp3) is 0.182. The van der Waals surface area contributed by atoms with Crippen LogP contribution in [-0.4, -0.2) is 21.3 Å². The van der Waals surface area contributed by atoms with Gasteiger partial charge < -0.3 is 14.2 Å². The molecule has 0 unspecified atom stereocenters. The summed E-state index contributed by atoms with van der Waals surface area (Å²) in [6.07, 6.45) is 0. The number of methoxy groups -OCH3 is 3. The van der Waals surface area contributed by atoms with E-state index in [1.807, 2.05) is 0 Å².